The Kier molecular flexibility index (Phi) is 15.2. The lowest BCUT2D eigenvalue weighted by Gasteiger charge is -2.51. The first kappa shape index (κ1) is 30.3. The Morgan fingerprint density at radius 2 is 0.781 bits per heavy atom. The number of aliphatic hydroxyl groups is 2. The van der Waals surface area contributed by atoms with Crippen LogP contribution in [0.15, 0.2) is 24.3 Å². The first-order valence-corrected chi connectivity index (χ1v) is 12.1. The summed E-state index contributed by atoms with van der Waals surface area (Å²) in [6.07, 6.45) is 17.4. The van der Waals surface area contributed by atoms with Gasteiger partial charge < -0.3 is 20.4 Å². The topological polar surface area (TPSA) is 115 Å². The molecule has 4 N–H and O–H groups in total. The molecule has 32 heavy (non-hydrogen) atoms. The summed E-state index contributed by atoms with van der Waals surface area (Å²) in [6, 6.07) is 0. The molecule has 6 heteroatoms. The largest absolute Gasteiger partial charge is 0.478 e. The highest BCUT2D eigenvalue weighted by molar-refractivity contribution is 5.85. The van der Waals surface area contributed by atoms with Crippen molar-refractivity contribution in [2.75, 3.05) is 13.2 Å². The fraction of sp³-hybridized carbons (Fsp3) is 0.769. The molecule has 2 fully saturated rings. The first-order chi connectivity index (χ1) is 15.1. The van der Waals surface area contributed by atoms with Crippen molar-refractivity contribution in [3.8, 4) is 0 Å². The average Bonchev–Trinajstić information content (AvgIpc) is 2.70. The highest BCUT2D eigenvalue weighted by Crippen LogP contribution is 2.54. The number of carbonyl (C=O) groups is 2. The normalized spacial score (nSPS) is 20.2. The molecule has 0 aliphatic heterocycles. The molecule has 0 saturated heterocycles. The number of carboxylic acid groups (broad SMARTS) is 2. The lowest BCUT2D eigenvalue weighted by atomic mass is 9.54. The van der Waals surface area contributed by atoms with E-state index in [9.17, 15) is 19.8 Å². The van der Waals surface area contributed by atoms with Gasteiger partial charge in [0.2, 0.25) is 0 Å². The third-order valence-corrected chi connectivity index (χ3v) is 7.08. The zero-order chi connectivity index (χ0) is 24.6. The minimum atomic E-state index is -0.935. The van der Waals surface area contributed by atoms with E-state index in [4.69, 9.17) is 10.2 Å². The zero-order valence-electron chi connectivity index (χ0n) is 20.3. The second-order valence-corrected chi connectivity index (χ2v) is 9.58. The summed E-state index contributed by atoms with van der Waals surface area (Å²) in [5, 5.41) is 36.3. The molecule has 0 amide bonds. The number of carboxylic acids is 2. The predicted molar refractivity (Wildman–Crippen MR) is 129 cm³/mol. The van der Waals surface area contributed by atoms with E-state index in [1.165, 1.54) is 78.1 Å². The van der Waals surface area contributed by atoms with Gasteiger partial charge in [-0.2, -0.15) is 0 Å². The Balaban J connectivity index is 0.000000662. The predicted octanol–water partition coefficient (Wildman–Crippen LogP) is 5.73. The van der Waals surface area contributed by atoms with Crippen molar-refractivity contribution in [1.82, 2.24) is 0 Å². The van der Waals surface area contributed by atoms with Crippen LogP contribution in [0.5, 0.6) is 0 Å². The quantitative estimate of drug-likeness (QED) is 0.395. The summed E-state index contributed by atoms with van der Waals surface area (Å²) in [5.41, 5.74) is 0.351. The molecule has 0 radical (unpaired) electrons. The second-order valence-electron chi connectivity index (χ2n) is 9.58. The molecule has 2 rings (SSSR count). The van der Waals surface area contributed by atoms with Gasteiger partial charge in [0.15, 0.2) is 0 Å². The molecule has 0 aromatic rings. The fourth-order valence-corrected chi connectivity index (χ4v) is 4.88. The molecule has 0 bridgehead atoms. The van der Waals surface area contributed by atoms with Crippen molar-refractivity contribution in [1.29, 1.82) is 0 Å². The van der Waals surface area contributed by atoms with E-state index >= 15 is 0 Å². The molecular weight excluding hydrogens is 408 g/mol. The van der Waals surface area contributed by atoms with Gasteiger partial charge in [0.25, 0.3) is 0 Å². The van der Waals surface area contributed by atoms with Crippen LogP contribution in [0, 0.1) is 10.8 Å². The van der Waals surface area contributed by atoms with E-state index in [0.29, 0.717) is 0 Å². The Bertz CT molecular complexity index is 503. The van der Waals surface area contributed by atoms with Gasteiger partial charge in [0.05, 0.1) is 0 Å². The minimum absolute atomic E-state index is 0.000486. The summed E-state index contributed by atoms with van der Waals surface area (Å²) in [5.74, 6) is -1.87. The van der Waals surface area contributed by atoms with Gasteiger partial charge in [-0.1, -0.05) is 77.4 Å². The van der Waals surface area contributed by atoms with Gasteiger partial charge in [-0.15, -0.1) is 0 Å². The van der Waals surface area contributed by atoms with Crippen molar-refractivity contribution in [3.05, 3.63) is 24.3 Å². The van der Waals surface area contributed by atoms with Gasteiger partial charge in [0, 0.05) is 35.2 Å². The molecule has 2 aliphatic rings. The smallest absolute Gasteiger partial charge is 0.330 e. The van der Waals surface area contributed by atoms with Crippen LogP contribution < -0.4 is 0 Å². The fourth-order valence-electron chi connectivity index (χ4n) is 4.88. The van der Waals surface area contributed by atoms with Crippen molar-refractivity contribution in [3.63, 3.8) is 0 Å². The highest BCUT2D eigenvalue weighted by Gasteiger charge is 2.49. The van der Waals surface area contributed by atoms with Crippen LogP contribution in [0.4, 0.5) is 0 Å². The molecule has 0 unspecified atom stereocenters. The maximum absolute atomic E-state index is 10.3. The van der Waals surface area contributed by atoms with E-state index in [1.807, 2.05) is 0 Å². The molecule has 0 atom stereocenters. The standard InChI is InChI=1S/C18H34O2.2C4H6O2/c19-15-17(11-7-3-1-4-8-12-17)18(16-20)13-9-5-2-6-10-14-18;2*1-3(2)4(5)6/h19-20H,1-16H2;2*1H2,2H3,(H,5,6). The average molecular weight is 455 g/mol. The van der Waals surface area contributed by atoms with E-state index < -0.39 is 11.9 Å². The lowest BCUT2D eigenvalue weighted by molar-refractivity contribution is -0.133. The Labute approximate surface area is 194 Å². The molecule has 186 valence electrons. The molecule has 0 heterocycles. The third-order valence-electron chi connectivity index (χ3n) is 7.08. The first-order valence-electron chi connectivity index (χ1n) is 12.1. The Morgan fingerprint density at radius 1 is 0.594 bits per heavy atom. The van der Waals surface area contributed by atoms with Gasteiger partial charge in [-0.25, -0.2) is 9.59 Å². The number of hydrogen-bond acceptors (Lipinski definition) is 4. The van der Waals surface area contributed by atoms with Crippen LogP contribution in [-0.4, -0.2) is 45.6 Å². The minimum Gasteiger partial charge on any atom is -0.478 e. The van der Waals surface area contributed by atoms with Crippen LogP contribution in [0.3, 0.4) is 0 Å². The van der Waals surface area contributed by atoms with E-state index in [0.717, 1.165) is 25.7 Å². The van der Waals surface area contributed by atoms with Crippen molar-refractivity contribution in [2.45, 2.75) is 104 Å². The van der Waals surface area contributed by atoms with E-state index in [2.05, 4.69) is 13.2 Å². The van der Waals surface area contributed by atoms with Crippen LogP contribution in [0.2, 0.25) is 0 Å². The number of hydrogen-bond donors (Lipinski definition) is 4. The Hall–Kier alpha value is -1.66. The highest BCUT2D eigenvalue weighted by atomic mass is 16.4. The second kappa shape index (κ2) is 16.0. The summed E-state index contributed by atoms with van der Waals surface area (Å²) in [7, 11) is 0. The van der Waals surface area contributed by atoms with Crippen LogP contribution >= 0.6 is 0 Å². The maximum Gasteiger partial charge on any atom is 0.330 e. The molecule has 2 saturated carbocycles. The SMILES string of the molecule is C=C(C)C(=O)O.C=C(C)C(=O)O.OCC1(C2(CO)CCCCCCC2)CCCCCCC1. The summed E-state index contributed by atoms with van der Waals surface area (Å²) in [4.78, 5) is 19.2. The molecular formula is C26H46O6. The molecule has 0 spiro atoms. The maximum atomic E-state index is 10.3. The van der Waals surface area contributed by atoms with Crippen LogP contribution in [0.1, 0.15) is 104 Å². The van der Waals surface area contributed by atoms with Crippen LogP contribution in [0.25, 0.3) is 0 Å². The summed E-state index contributed by atoms with van der Waals surface area (Å²) >= 11 is 0. The Morgan fingerprint density at radius 3 is 0.938 bits per heavy atom. The van der Waals surface area contributed by atoms with Gasteiger partial charge in [-0.3, -0.25) is 0 Å². The van der Waals surface area contributed by atoms with Crippen LogP contribution in [-0.2, 0) is 9.59 Å². The van der Waals surface area contributed by atoms with Crippen molar-refractivity contribution in [2.24, 2.45) is 10.8 Å². The van der Waals surface area contributed by atoms with E-state index in [1.54, 1.807) is 0 Å². The lowest BCUT2D eigenvalue weighted by Crippen LogP contribution is -2.48. The molecule has 0 aromatic carbocycles. The van der Waals surface area contributed by atoms with Gasteiger partial charge >= 0.3 is 11.9 Å². The van der Waals surface area contributed by atoms with Crippen molar-refractivity contribution >= 4 is 11.9 Å². The molecule has 6 nitrogen and oxygen atoms in total. The van der Waals surface area contributed by atoms with E-state index in [-0.39, 0.29) is 35.2 Å². The molecule has 2 aliphatic carbocycles. The molecule has 0 aromatic heterocycles. The number of aliphatic hydroxyl groups excluding tert-OH is 2. The van der Waals surface area contributed by atoms with Crippen molar-refractivity contribution < 1.29 is 30.0 Å². The summed E-state index contributed by atoms with van der Waals surface area (Å²) < 4.78 is 0. The van der Waals surface area contributed by atoms with Gasteiger partial charge in [0.1, 0.15) is 0 Å². The zero-order valence-corrected chi connectivity index (χ0v) is 20.3. The number of aliphatic carboxylic acids is 2. The third kappa shape index (κ3) is 10.3. The number of rotatable bonds is 5. The monoisotopic (exact) mass is 454 g/mol. The summed E-state index contributed by atoms with van der Waals surface area (Å²) in [6.45, 7) is 9.77. The van der Waals surface area contributed by atoms with Gasteiger partial charge in [-0.05, 0) is 39.5 Å².